The van der Waals surface area contributed by atoms with Gasteiger partial charge in [0.15, 0.2) is 4.34 Å². The van der Waals surface area contributed by atoms with Crippen molar-refractivity contribution in [1.82, 2.24) is 30.4 Å². The first-order valence-corrected chi connectivity index (χ1v) is 14.6. The number of nitrogens with zero attached hydrogens (tertiary/aromatic N) is 6. The van der Waals surface area contributed by atoms with Gasteiger partial charge in [-0.25, -0.2) is 4.79 Å². The van der Waals surface area contributed by atoms with E-state index in [4.69, 9.17) is 21.1 Å². The van der Waals surface area contributed by atoms with Gasteiger partial charge in [0.05, 0.1) is 12.7 Å². The molecule has 1 unspecified atom stereocenters. The maximum absolute atomic E-state index is 13.3. The molecule has 1 aliphatic rings. The molecule has 0 saturated heterocycles. The number of methoxy groups -OCH3 is 1. The Morgan fingerprint density at radius 1 is 1.02 bits per heavy atom. The van der Waals surface area contributed by atoms with Crippen molar-refractivity contribution in [2.45, 2.75) is 17.0 Å². The number of nitrogens with one attached hydrogen (secondary N) is 1. The Balaban J connectivity index is 1.34. The Bertz CT molecular complexity index is 1720. The van der Waals surface area contributed by atoms with Gasteiger partial charge in [-0.2, -0.15) is 4.68 Å². The summed E-state index contributed by atoms with van der Waals surface area (Å²) in [5.41, 5.74) is 3.49. The van der Waals surface area contributed by atoms with Crippen molar-refractivity contribution in [2.24, 2.45) is 0 Å². The molecule has 5 aromatic rings. The molecule has 3 heterocycles. The minimum Gasteiger partial charge on any atom is -0.488 e. The van der Waals surface area contributed by atoms with Crippen molar-refractivity contribution in [3.63, 3.8) is 0 Å². The summed E-state index contributed by atoms with van der Waals surface area (Å²) in [5, 5.41) is 25.5. The van der Waals surface area contributed by atoms with Crippen molar-refractivity contribution in [3.8, 4) is 16.3 Å². The molecule has 206 valence electrons. The molecule has 6 rings (SSSR count). The van der Waals surface area contributed by atoms with Gasteiger partial charge < -0.3 is 14.8 Å². The van der Waals surface area contributed by atoms with Crippen LogP contribution in [-0.4, -0.2) is 49.2 Å². The Hall–Kier alpha value is -4.26. The molecule has 41 heavy (non-hydrogen) atoms. The highest BCUT2D eigenvalue weighted by atomic mass is 35.5. The standard InChI is InChI=1S/C28H22ClN7O3S2/c1-38-26(37)23-21(16-40-28-33-31-25(41-28)17-9-3-2-4-10-17)30-27-32-34-35-36(27)24(23)19-12-6-8-14-22(19)39-15-18-11-5-7-13-20(18)29/h2-14,24H,15-16H2,1H3,(H,30,32,35). The molecule has 1 aliphatic heterocycles. The van der Waals surface area contributed by atoms with Crippen molar-refractivity contribution in [2.75, 3.05) is 18.2 Å². The number of aromatic nitrogens is 6. The van der Waals surface area contributed by atoms with Gasteiger partial charge in [-0.3, -0.25) is 0 Å². The van der Waals surface area contributed by atoms with Gasteiger partial charge in [-0.05, 0) is 22.6 Å². The van der Waals surface area contributed by atoms with Gasteiger partial charge in [0, 0.05) is 33.2 Å². The number of fused-ring (bicyclic) bond motifs is 1. The number of halogens is 1. The molecule has 2 aromatic heterocycles. The minimum atomic E-state index is -0.707. The van der Waals surface area contributed by atoms with Gasteiger partial charge in [-0.15, -0.1) is 10.2 Å². The number of esters is 1. The molecule has 1 N–H and O–H groups in total. The number of benzene rings is 3. The lowest BCUT2D eigenvalue weighted by Crippen LogP contribution is -2.31. The molecule has 0 aliphatic carbocycles. The SMILES string of the molecule is COC(=O)C1=C(CSc2nnc(-c3ccccc3)s2)Nc2nnnn2C1c1ccccc1OCc1ccccc1Cl. The monoisotopic (exact) mass is 603 g/mol. The third-order valence-corrected chi connectivity index (χ3v) is 8.83. The largest absolute Gasteiger partial charge is 0.488 e. The van der Waals surface area contributed by atoms with E-state index in [1.807, 2.05) is 78.9 Å². The maximum Gasteiger partial charge on any atom is 0.338 e. The zero-order chi connectivity index (χ0) is 28.2. The first kappa shape index (κ1) is 26.9. The van der Waals surface area contributed by atoms with E-state index in [1.165, 1.54) is 30.2 Å². The summed E-state index contributed by atoms with van der Waals surface area (Å²) in [4.78, 5) is 13.3. The van der Waals surface area contributed by atoms with Crippen molar-refractivity contribution in [1.29, 1.82) is 0 Å². The molecule has 0 spiro atoms. The third-order valence-electron chi connectivity index (χ3n) is 6.33. The third kappa shape index (κ3) is 5.67. The van der Waals surface area contributed by atoms with Crippen molar-refractivity contribution in [3.05, 3.63) is 106 Å². The summed E-state index contributed by atoms with van der Waals surface area (Å²) >= 11 is 9.29. The van der Waals surface area contributed by atoms with Gasteiger partial charge in [0.2, 0.25) is 5.95 Å². The fourth-order valence-electron chi connectivity index (χ4n) is 4.39. The van der Waals surface area contributed by atoms with Crippen LogP contribution in [0.15, 0.2) is 94.5 Å². The van der Waals surface area contributed by atoms with Crippen LogP contribution < -0.4 is 10.1 Å². The highest BCUT2D eigenvalue weighted by Gasteiger charge is 2.37. The van der Waals surface area contributed by atoms with Gasteiger partial charge in [0.25, 0.3) is 0 Å². The van der Waals surface area contributed by atoms with E-state index in [1.54, 1.807) is 4.68 Å². The molecule has 10 nitrogen and oxygen atoms in total. The number of ether oxygens (including phenoxy) is 2. The van der Waals surface area contributed by atoms with Gasteiger partial charge in [0.1, 0.15) is 23.4 Å². The quantitative estimate of drug-likeness (QED) is 0.167. The number of thioether (sulfide) groups is 1. The number of tetrazole rings is 1. The average Bonchev–Trinajstić information content (AvgIpc) is 3.69. The molecule has 0 bridgehead atoms. The van der Waals surface area contributed by atoms with Crippen LogP contribution in [0, 0.1) is 0 Å². The smallest absolute Gasteiger partial charge is 0.338 e. The molecule has 0 saturated carbocycles. The number of carbonyl (C=O) groups excluding carboxylic acids is 1. The lowest BCUT2D eigenvalue weighted by atomic mass is 9.95. The van der Waals surface area contributed by atoms with E-state index in [9.17, 15) is 4.79 Å². The minimum absolute atomic E-state index is 0.241. The second-order valence-corrected chi connectivity index (χ2v) is 11.4. The highest BCUT2D eigenvalue weighted by Crippen LogP contribution is 2.41. The summed E-state index contributed by atoms with van der Waals surface area (Å²) < 4.78 is 13.8. The zero-order valence-corrected chi connectivity index (χ0v) is 24.0. The van der Waals surface area contributed by atoms with Crippen LogP contribution in [0.5, 0.6) is 5.75 Å². The average molecular weight is 604 g/mol. The topological polar surface area (TPSA) is 117 Å². The number of hydrogen-bond donors (Lipinski definition) is 1. The predicted molar refractivity (Wildman–Crippen MR) is 157 cm³/mol. The summed E-state index contributed by atoms with van der Waals surface area (Å²) in [7, 11) is 1.35. The lowest BCUT2D eigenvalue weighted by Gasteiger charge is -2.29. The number of rotatable bonds is 9. The van der Waals surface area contributed by atoms with Crippen LogP contribution in [0.25, 0.3) is 10.6 Å². The molecule has 0 fully saturated rings. The van der Waals surface area contributed by atoms with E-state index < -0.39 is 12.0 Å². The van der Waals surface area contributed by atoms with Gasteiger partial charge in [-0.1, -0.05) is 107 Å². The number of anilines is 1. The molecular weight excluding hydrogens is 582 g/mol. The summed E-state index contributed by atoms with van der Waals surface area (Å²) in [6, 6.07) is 24.1. The summed E-state index contributed by atoms with van der Waals surface area (Å²) in [6.45, 7) is 0.241. The number of para-hydroxylation sites is 1. The van der Waals surface area contributed by atoms with E-state index >= 15 is 0 Å². The second-order valence-electron chi connectivity index (χ2n) is 8.80. The zero-order valence-electron chi connectivity index (χ0n) is 21.6. The van der Waals surface area contributed by atoms with Crippen LogP contribution in [0.2, 0.25) is 5.02 Å². The van der Waals surface area contributed by atoms with E-state index in [0.717, 1.165) is 20.5 Å². The van der Waals surface area contributed by atoms with Crippen LogP contribution in [0.4, 0.5) is 5.95 Å². The number of hydrogen-bond acceptors (Lipinski definition) is 11. The Morgan fingerprint density at radius 2 is 1.80 bits per heavy atom. The maximum atomic E-state index is 13.3. The van der Waals surface area contributed by atoms with Crippen molar-refractivity contribution < 1.29 is 14.3 Å². The molecule has 13 heteroatoms. The molecule has 3 aromatic carbocycles. The van der Waals surface area contributed by atoms with Crippen LogP contribution >= 0.6 is 34.7 Å². The Kier molecular flexibility index (Phi) is 7.94. The normalized spacial score (nSPS) is 14.3. The second kappa shape index (κ2) is 12.1. The highest BCUT2D eigenvalue weighted by molar-refractivity contribution is 8.01. The van der Waals surface area contributed by atoms with E-state index in [0.29, 0.717) is 39.3 Å². The molecule has 1 atom stereocenters. The first-order chi connectivity index (χ1) is 20.1. The van der Waals surface area contributed by atoms with Gasteiger partial charge >= 0.3 is 5.97 Å². The molecule has 0 radical (unpaired) electrons. The van der Waals surface area contributed by atoms with E-state index in [-0.39, 0.29) is 6.61 Å². The first-order valence-electron chi connectivity index (χ1n) is 12.5. The predicted octanol–water partition coefficient (Wildman–Crippen LogP) is 5.66. The summed E-state index contributed by atoms with van der Waals surface area (Å²) in [6.07, 6.45) is 0. The Morgan fingerprint density at radius 3 is 2.63 bits per heavy atom. The fourth-order valence-corrected chi connectivity index (χ4v) is 6.41. The number of carbonyl (C=O) groups is 1. The lowest BCUT2D eigenvalue weighted by molar-refractivity contribution is -0.136. The van der Waals surface area contributed by atoms with Crippen LogP contribution in [0.1, 0.15) is 17.2 Å². The summed E-state index contributed by atoms with van der Waals surface area (Å²) in [5.74, 6) is 0.814. The van der Waals surface area contributed by atoms with Crippen molar-refractivity contribution >= 4 is 46.6 Å². The fraction of sp³-hybridized carbons (Fsp3) is 0.143. The van der Waals surface area contributed by atoms with Crippen LogP contribution in [0.3, 0.4) is 0 Å². The molecule has 0 amide bonds. The Labute approximate surface area is 248 Å². The van der Waals surface area contributed by atoms with E-state index in [2.05, 4.69) is 31.0 Å². The molecular formula is C28H22ClN7O3S2. The van der Waals surface area contributed by atoms with Crippen LogP contribution in [-0.2, 0) is 16.1 Å².